The first-order valence-electron chi connectivity index (χ1n) is 13.0. The number of halogens is 2. The van der Waals surface area contributed by atoms with E-state index < -0.39 is 35.6 Å². The fourth-order valence-corrected chi connectivity index (χ4v) is 6.04. The number of fused-ring (bicyclic) bond motifs is 1. The standard InChI is InChI=1S/C29H29F2N5O3S/c1-19-26(40-27(33-19)20-7-3-2-4-8-20)28(39)36-12-11-29(30,31)22(21-9-5-6-10-23(21)36)17-25(38)35-15-13-34(14-16-35)18-24(32)37/h2-10,17H,11-16,18H2,1H3,(H2,32,37)/b22-17-. The molecule has 1 saturated heterocycles. The third-order valence-corrected chi connectivity index (χ3v) is 8.31. The summed E-state index contributed by atoms with van der Waals surface area (Å²) in [5.41, 5.74) is 6.71. The lowest BCUT2D eigenvalue weighted by Crippen LogP contribution is -2.50. The van der Waals surface area contributed by atoms with Crippen LogP contribution in [0.25, 0.3) is 16.1 Å². The number of hydrogen-bond acceptors (Lipinski definition) is 6. The Morgan fingerprint density at radius 3 is 2.38 bits per heavy atom. The number of rotatable bonds is 5. The Kier molecular flexibility index (Phi) is 7.77. The Hall–Kier alpha value is -3.96. The number of anilines is 1. The van der Waals surface area contributed by atoms with Crippen molar-refractivity contribution in [2.24, 2.45) is 5.73 Å². The van der Waals surface area contributed by atoms with Gasteiger partial charge in [0.05, 0.1) is 17.9 Å². The summed E-state index contributed by atoms with van der Waals surface area (Å²) in [5, 5.41) is 0.678. The van der Waals surface area contributed by atoms with Gasteiger partial charge in [0.15, 0.2) is 0 Å². The van der Waals surface area contributed by atoms with Crippen LogP contribution in [0, 0.1) is 6.92 Å². The van der Waals surface area contributed by atoms with Gasteiger partial charge in [-0.2, -0.15) is 0 Å². The maximum Gasteiger partial charge on any atom is 0.275 e. The van der Waals surface area contributed by atoms with Gasteiger partial charge in [0.1, 0.15) is 9.88 Å². The van der Waals surface area contributed by atoms with Gasteiger partial charge in [0, 0.05) is 61.9 Å². The Balaban J connectivity index is 1.45. The van der Waals surface area contributed by atoms with Crippen molar-refractivity contribution >= 4 is 40.3 Å². The zero-order chi connectivity index (χ0) is 28.4. The van der Waals surface area contributed by atoms with Crippen LogP contribution in [0.1, 0.15) is 27.3 Å². The van der Waals surface area contributed by atoms with Crippen LogP contribution in [-0.4, -0.2) is 77.7 Å². The van der Waals surface area contributed by atoms with Crippen molar-refractivity contribution in [1.29, 1.82) is 0 Å². The number of nitrogens with zero attached hydrogens (tertiary/aromatic N) is 4. The molecule has 3 amide bonds. The molecule has 2 aliphatic heterocycles. The van der Waals surface area contributed by atoms with Gasteiger partial charge in [-0.1, -0.05) is 48.5 Å². The average molecular weight is 566 g/mol. The number of hydrogen-bond donors (Lipinski definition) is 1. The van der Waals surface area contributed by atoms with Gasteiger partial charge in [-0.15, -0.1) is 11.3 Å². The van der Waals surface area contributed by atoms with E-state index >= 15 is 8.78 Å². The Morgan fingerprint density at radius 2 is 1.68 bits per heavy atom. The van der Waals surface area contributed by atoms with Crippen LogP contribution >= 0.6 is 11.3 Å². The average Bonchev–Trinajstić information content (AvgIpc) is 3.29. The van der Waals surface area contributed by atoms with Crippen LogP contribution in [0.2, 0.25) is 0 Å². The number of carbonyl (C=O) groups is 3. The minimum atomic E-state index is -3.34. The van der Waals surface area contributed by atoms with Crippen molar-refractivity contribution in [3.63, 3.8) is 0 Å². The van der Waals surface area contributed by atoms with E-state index in [1.807, 2.05) is 35.2 Å². The summed E-state index contributed by atoms with van der Waals surface area (Å²) in [5.74, 6) is -4.74. The number of nitrogens with two attached hydrogens (primary N) is 1. The molecule has 0 atom stereocenters. The minimum Gasteiger partial charge on any atom is -0.369 e. The van der Waals surface area contributed by atoms with Crippen LogP contribution < -0.4 is 10.6 Å². The molecule has 40 heavy (non-hydrogen) atoms. The molecular formula is C29H29F2N5O3S. The highest BCUT2D eigenvalue weighted by atomic mass is 32.1. The molecule has 11 heteroatoms. The number of benzene rings is 2. The molecule has 1 fully saturated rings. The minimum absolute atomic E-state index is 0.0878. The number of para-hydroxylation sites is 1. The molecule has 2 N–H and O–H groups in total. The van der Waals surface area contributed by atoms with E-state index in [-0.39, 0.29) is 18.7 Å². The quantitative estimate of drug-likeness (QED) is 0.475. The third-order valence-electron chi connectivity index (χ3n) is 7.12. The summed E-state index contributed by atoms with van der Waals surface area (Å²) < 4.78 is 31.3. The number of thiazole rings is 1. The maximum absolute atomic E-state index is 15.6. The third kappa shape index (κ3) is 5.66. The number of primary amides is 1. The molecule has 3 aromatic rings. The van der Waals surface area contributed by atoms with E-state index in [1.165, 1.54) is 27.2 Å². The lowest BCUT2D eigenvalue weighted by atomic mass is 9.96. The molecule has 0 saturated carbocycles. The lowest BCUT2D eigenvalue weighted by molar-refractivity contribution is -0.128. The summed E-state index contributed by atoms with van der Waals surface area (Å²) in [6.45, 7) is 3.03. The van der Waals surface area contributed by atoms with Crippen LogP contribution in [-0.2, 0) is 9.59 Å². The molecule has 208 valence electrons. The highest BCUT2D eigenvalue weighted by molar-refractivity contribution is 7.17. The number of alkyl halides is 2. The second kappa shape index (κ2) is 11.3. The molecule has 0 bridgehead atoms. The molecule has 0 unspecified atom stereocenters. The van der Waals surface area contributed by atoms with E-state index in [9.17, 15) is 14.4 Å². The topological polar surface area (TPSA) is 99.8 Å². The summed E-state index contributed by atoms with van der Waals surface area (Å²) >= 11 is 1.23. The number of piperazine rings is 1. The van der Waals surface area contributed by atoms with E-state index in [0.29, 0.717) is 47.4 Å². The molecule has 3 heterocycles. The predicted octanol–water partition coefficient (Wildman–Crippen LogP) is 3.82. The number of carbonyl (C=O) groups excluding carboxylic acids is 3. The number of aromatic nitrogens is 1. The van der Waals surface area contributed by atoms with Gasteiger partial charge in [-0.25, -0.2) is 13.8 Å². The van der Waals surface area contributed by atoms with E-state index in [0.717, 1.165) is 11.6 Å². The highest BCUT2D eigenvalue weighted by Crippen LogP contribution is 2.44. The Labute approximate surface area is 234 Å². The summed E-state index contributed by atoms with van der Waals surface area (Å²) in [6, 6.07) is 15.9. The molecule has 0 spiro atoms. The Morgan fingerprint density at radius 1 is 1.00 bits per heavy atom. The fourth-order valence-electron chi connectivity index (χ4n) is 5.02. The van der Waals surface area contributed by atoms with Crippen molar-refractivity contribution in [3.8, 4) is 10.6 Å². The number of aryl methyl sites for hydroxylation is 1. The van der Waals surface area contributed by atoms with E-state index in [4.69, 9.17) is 5.73 Å². The SMILES string of the molecule is Cc1nc(-c2ccccc2)sc1C(=O)N1CCC(F)(F)/C(=C\C(=O)N2CCN(CC(N)=O)CC2)c2ccccc21. The zero-order valence-corrected chi connectivity index (χ0v) is 22.8. The molecule has 2 aromatic carbocycles. The molecule has 8 nitrogen and oxygen atoms in total. The molecule has 2 aliphatic rings. The van der Waals surface area contributed by atoms with Gasteiger partial charge in [0.2, 0.25) is 11.8 Å². The second-order valence-electron chi connectivity index (χ2n) is 9.85. The van der Waals surface area contributed by atoms with Crippen LogP contribution in [0.3, 0.4) is 0 Å². The highest BCUT2D eigenvalue weighted by Gasteiger charge is 2.42. The molecule has 5 rings (SSSR count). The normalized spacial score (nSPS) is 18.3. The van der Waals surface area contributed by atoms with Gasteiger partial charge in [-0.05, 0) is 13.0 Å². The van der Waals surface area contributed by atoms with E-state index in [2.05, 4.69) is 4.98 Å². The van der Waals surface area contributed by atoms with Crippen molar-refractivity contribution < 1.29 is 23.2 Å². The monoisotopic (exact) mass is 565 g/mol. The van der Waals surface area contributed by atoms with Gasteiger partial charge >= 0.3 is 0 Å². The van der Waals surface area contributed by atoms with Crippen LogP contribution in [0.4, 0.5) is 14.5 Å². The van der Waals surface area contributed by atoms with Gasteiger partial charge in [0.25, 0.3) is 11.8 Å². The summed E-state index contributed by atoms with van der Waals surface area (Å²) in [4.78, 5) is 47.8. The van der Waals surface area contributed by atoms with Crippen LogP contribution in [0.5, 0.6) is 0 Å². The lowest BCUT2D eigenvalue weighted by Gasteiger charge is -2.33. The first-order valence-corrected chi connectivity index (χ1v) is 13.8. The molecular weight excluding hydrogens is 536 g/mol. The van der Waals surface area contributed by atoms with E-state index in [1.54, 1.807) is 25.1 Å². The fraction of sp³-hybridized carbons (Fsp3) is 0.310. The van der Waals surface area contributed by atoms with Crippen molar-refractivity contribution in [2.75, 3.05) is 44.2 Å². The van der Waals surface area contributed by atoms with Gasteiger partial charge in [-0.3, -0.25) is 19.3 Å². The first kappa shape index (κ1) is 27.6. The zero-order valence-electron chi connectivity index (χ0n) is 22.0. The summed E-state index contributed by atoms with van der Waals surface area (Å²) in [7, 11) is 0. The second-order valence-corrected chi connectivity index (χ2v) is 10.9. The number of amides is 3. The molecule has 0 radical (unpaired) electrons. The van der Waals surface area contributed by atoms with Crippen molar-refractivity contribution in [2.45, 2.75) is 19.3 Å². The first-order chi connectivity index (χ1) is 19.1. The smallest absolute Gasteiger partial charge is 0.275 e. The molecule has 1 aromatic heterocycles. The largest absolute Gasteiger partial charge is 0.369 e. The number of allylic oxidation sites excluding steroid dienone is 1. The Bertz CT molecular complexity index is 1470. The maximum atomic E-state index is 15.6. The predicted molar refractivity (Wildman–Crippen MR) is 150 cm³/mol. The summed E-state index contributed by atoms with van der Waals surface area (Å²) in [6.07, 6.45) is 0.365. The van der Waals surface area contributed by atoms with Crippen LogP contribution in [0.15, 0.2) is 60.7 Å². The van der Waals surface area contributed by atoms with Gasteiger partial charge < -0.3 is 15.5 Å². The van der Waals surface area contributed by atoms with Crippen molar-refractivity contribution in [3.05, 3.63) is 76.8 Å². The van der Waals surface area contributed by atoms with Crippen molar-refractivity contribution in [1.82, 2.24) is 14.8 Å². The molecule has 0 aliphatic carbocycles.